The van der Waals surface area contributed by atoms with Gasteiger partial charge in [-0.3, -0.25) is 0 Å². The van der Waals surface area contributed by atoms with Crippen molar-refractivity contribution >= 4 is 5.97 Å². The lowest BCUT2D eigenvalue weighted by molar-refractivity contribution is -0.137. The molecular weight excluding hydrogens is 301 g/mol. The van der Waals surface area contributed by atoms with Crippen molar-refractivity contribution in [3.63, 3.8) is 0 Å². The molecule has 0 radical (unpaired) electrons. The predicted octanol–water partition coefficient (Wildman–Crippen LogP) is 3.99. The number of hydrogen-bond donors (Lipinski definition) is 1. The van der Waals surface area contributed by atoms with E-state index in [9.17, 15) is 23.1 Å². The highest BCUT2D eigenvalue weighted by molar-refractivity contribution is 5.92. The number of aromatic hydroxyl groups is 1. The largest absolute Gasteiger partial charge is 0.507 e. The second-order valence-electron chi connectivity index (χ2n) is 4.29. The Kier molecular flexibility index (Phi) is 4.25. The molecular formula is C15H11F3O4. The number of phenolic OH excluding ortho intramolecular Hbond substituents is 1. The van der Waals surface area contributed by atoms with Crippen LogP contribution < -0.4 is 4.74 Å². The maximum absolute atomic E-state index is 12.4. The molecule has 0 atom stereocenters. The molecule has 0 saturated heterocycles. The summed E-state index contributed by atoms with van der Waals surface area (Å²) in [5, 5.41) is 9.69. The number of carbonyl (C=O) groups excluding carboxylic acids is 1. The minimum Gasteiger partial charge on any atom is -0.507 e. The van der Waals surface area contributed by atoms with E-state index < -0.39 is 17.7 Å². The Morgan fingerprint density at radius 3 is 2.14 bits per heavy atom. The summed E-state index contributed by atoms with van der Waals surface area (Å²) in [6, 6.07) is 7.95. The van der Waals surface area contributed by atoms with Gasteiger partial charge < -0.3 is 14.6 Å². The first-order valence-electron chi connectivity index (χ1n) is 6.07. The Labute approximate surface area is 123 Å². The maximum atomic E-state index is 12.4. The minimum absolute atomic E-state index is 0.0396. The Bertz CT molecular complexity index is 678. The molecule has 0 aliphatic carbocycles. The first-order valence-corrected chi connectivity index (χ1v) is 6.07. The molecule has 0 bridgehead atoms. The van der Waals surface area contributed by atoms with Crippen LogP contribution in [-0.2, 0) is 10.9 Å². The first-order chi connectivity index (χ1) is 10.3. The number of carbonyl (C=O) groups is 1. The number of halogens is 3. The van der Waals surface area contributed by atoms with Crippen LogP contribution in [0.4, 0.5) is 13.2 Å². The highest BCUT2D eigenvalue weighted by atomic mass is 19.4. The molecule has 0 unspecified atom stereocenters. The van der Waals surface area contributed by atoms with Gasteiger partial charge in [-0.25, -0.2) is 4.79 Å². The highest BCUT2D eigenvalue weighted by Gasteiger charge is 2.30. The summed E-state index contributed by atoms with van der Waals surface area (Å²) in [4.78, 5) is 11.3. The van der Waals surface area contributed by atoms with Gasteiger partial charge in [-0.15, -0.1) is 0 Å². The van der Waals surface area contributed by atoms with E-state index in [-0.39, 0.29) is 22.8 Å². The lowest BCUT2D eigenvalue weighted by atomic mass is 10.2. The van der Waals surface area contributed by atoms with Gasteiger partial charge in [0.15, 0.2) is 0 Å². The average molecular weight is 312 g/mol. The van der Waals surface area contributed by atoms with Gasteiger partial charge in [-0.05, 0) is 36.4 Å². The normalized spacial score (nSPS) is 11.1. The van der Waals surface area contributed by atoms with Crippen molar-refractivity contribution in [1.29, 1.82) is 0 Å². The molecule has 116 valence electrons. The molecule has 2 aromatic carbocycles. The summed E-state index contributed by atoms with van der Waals surface area (Å²) in [5.41, 5.74) is -0.828. The van der Waals surface area contributed by atoms with Gasteiger partial charge in [0.1, 0.15) is 22.8 Å². The van der Waals surface area contributed by atoms with Crippen LogP contribution >= 0.6 is 0 Å². The number of alkyl halides is 3. The van der Waals surface area contributed by atoms with Crippen LogP contribution in [0.15, 0.2) is 42.5 Å². The SMILES string of the molecule is COC(=O)c1ccc(Oc2ccc(C(F)(F)F)cc2)cc1O. The van der Waals surface area contributed by atoms with Crippen LogP contribution in [0.3, 0.4) is 0 Å². The maximum Gasteiger partial charge on any atom is 0.416 e. The summed E-state index contributed by atoms with van der Waals surface area (Å²) < 4.78 is 47.1. The topological polar surface area (TPSA) is 55.8 Å². The van der Waals surface area contributed by atoms with Crippen molar-refractivity contribution in [2.75, 3.05) is 7.11 Å². The average Bonchev–Trinajstić information content (AvgIpc) is 2.46. The van der Waals surface area contributed by atoms with Gasteiger partial charge in [0, 0.05) is 6.07 Å². The smallest absolute Gasteiger partial charge is 0.416 e. The molecule has 1 N–H and O–H groups in total. The van der Waals surface area contributed by atoms with Crippen molar-refractivity contribution in [3.05, 3.63) is 53.6 Å². The minimum atomic E-state index is -4.42. The van der Waals surface area contributed by atoms with Gasteiger partial charge in [0.2, 0.25) is 0 Å². The Balaban J connectivity index is 2.17. The molecule has 7 heteroatoms. The molecule has 22 heavy (non-hydrogen) atoms. The van der Waals surface area contributed by atoms with Crippen molar-refractivity contribution in [1.82, 2.24) is 0 Å². The number of ether oxygens (including phenoxy) is 2. The van der Waals surface area contributed by atoms with Gasteiger partial charge in [-0.1, -0.05) is 0 Å². The van der Waals surface area contributed by atoms with E-state index in [1.54, 1.807) is 0 Å². The van der Waals surface area contributed by atoms with Crippen LogP contribution in [0.25, 0.3) is 0 Å². The Morgan fingerprint density at radius 1 is 1.05 bits per heavy atom. The fraction of sp³-hybridized carbons (Fsp3) is 0.133. The first kappa shape index (κ1) is 15.7. The summed E-state index contributed by atoms with van der Waals surface area (Å²) in [7, 11) is 1.17. The Morgan fingerprint density at radius 2 is 1.64 bits per heavy atom. The molecule has 0 aliphatic heterocycles. The van der Waals surface area contributed by atoms with Gasteiger partial charge in [0.05, 0.1) is 12.7 Å². The molecule has 4 nitrogen and oxygen atoms in total. The summed E-state index contributed by atoms with van der Waals surface area (Å²) >= 11 is 0. The second-order valence-corrected chi connectivity index (χ2v) is 4.29. The lowest BCUT2D eigenvalue weighted by Crippen LogP contribution is -2.04. The number of hydrogen-bond acceptors (Lipinski definition) is 4. The zero-order chi connectivity index (χ0) is 16.3. The van der Waals surface area contributed by atoms with Gasteiger partial charge in [0.25, 0.3) is 0 Å². The molecule has 2 aromatic rings. The quantitative estimate of drug-likeness (QED) is 0.871. The fourth-order valence-electron chi connectivity index (χ4n) is 1.71. The van der Waals surface area contributed by atoms with Crippen molar-refractivity contribution in [2.45, 2.75) is 6.18 Å². The third-order valence-electron chi connectivity index (χ3n) is 2.79. The van der Waals surface area contributed by atoms with Crippen LogP contribution in [0.2, 0.25) is 0 Å². The monoisotopic (exact) mass is 312 g/mol. The zero-order valence-corrected chi connectivity index (χ0v) is 11.3. The predicted molar refractivity (Wildman–Crippen MR) is 71.0 cm³/mol. The van der Waals surface area contributed by atoms with E-state index >= 15 is 0 Å². The molecule has 2 rings (SSSR count). The van der Waals surface area contributed by atoms with E-state index in [0.29, 0.717) is 0 Å². The molecule has 0 aliphatic rings. The van der Waals surface area contributed by atoms with Crippen LogP contribution in [0, 0.1) is 0 Å². The van der Waals surface area contributed by atoms with Crippen molar-refractivity contribution < 1.29 is 32.5 Å². The zero-order valence-electron chi connectivity index (χ0n) is 11.3. The number of phenols is 1. The number of rotatable bonds is 3. The van der Waals surface area contributed by atoms with Gasteiger partial charge >= 0.3 is 12.1 Å². The second kappa shape index (κ2) is 5.97. The van der Waals surface area contributed by atoms with Gasteiger partial charge in [-0.2, -0.15) is 13.2 Å². The van der Waals surface area contributed by atoms with Crippen molar-refractivity contribution in [3.8, 4) is 17.2 Å². The molecule has 0 saturated carbocycles. The standard InChI is InChI=1S/C15H11F3O4/c1-21-14(20)12-7-6-11(8-13(12)19)22-10-4-2-9(3-5-10)15(16,17)18/h2-8,19H,1H3. The third kappa shape index (κ3) is 3.49. The third-order valence-corrected chi connectivity index (χ3v) is 2.79. The molecule has 0 heterocycles. The molecule has 0 aromatic heterocycles. The van der Waals surface area contributed by atoms with E-state index in [0.717, 1.165) is 24.3 Å². The van der Waals surface area contributed by atoms with E-state index in [1.807, 2.05) is 0 Å². The van der Waals surface area contributed by atoms with E-state index in [2.05, 4.69) is 4.74 Å². The molecule has 0 spiro atoms. The number of benzene rings is 2. The number of esters is 1. The lowest BCUT2D eigenvalue weighted by Gasteiger charge is -2.10. The number of methoxy groups -OCH3 is 1. The summed E-state index contributed by atoms with van der Waals surface area (Å²) in [6.45, 7) is 0. The molecule has 0 amide bonds. The Hall–Kier alpha value is -2.70. The van der Waals surface area contributed by atoms with Crippen molar-refractivity contribution in [2.24, 2.45) is 0 Å². The van der Waals surface area contributed by atoms with Crippen LogP contribution in [-0.4, -0.2) is 18.2 Å². The fourth-order valence-corrected chi connectivity index (χ4v) is 1.71. The summed E-state index contributed by atoms with van der Waals surface area (Å²) in [6.07, 6.45) is -4.42. The highest BCUT2D eigenvalue weighted by Crippen LogP contribution is 2.32. The summed E-state index contributed by atoms with van der Waals surface area (Å²) in [5.74, 6) is -0.724. The van der Waals surface area contributed by atoms with Crippen LogP contribution in [0.1, 0.15) is 15.9 Å². The van der Waals surface area contributed by atoms with E-state index in [4.69, 9.17) is 4.74 Å². The van der Waals surface area contributed by atoms with Crippen LogP contribution in [0.5, 0.6) is 17.2 Å². The van der Waals surface area contributed by atoms with E-state index in [1.165, 1.54) is 25.3 Å². The molecule has 0 fully saturated rings.